The van der Waals surface area contributed by atoms with E-state index in [4.69, 9.17) is 10.5 Å². The van der Waals surface area contributed by atoms with Crippen molar-refractivity contribution in [2.45, 2.75) is 25.4 Å². The van der Waals surface area contributed by atoms with Gasteiger partial charge in [-0.2, -0.15) is 0 Å². The van der Waals surface area contributed by atoms with Gasteiger partial charge in [-0.1, -0.05) is 0 Å². The van der Waals surface area contributed by atoms with Crippen LogP contribution in [0.25, 0.3) is 0 Å². The van der Waals surface area contributed by atoms with E-state index < -0.39 is 0 Å². The Labute approximate surface area is 111 Å². The van der Waals surface area contributed by atoms with Crippen molar-refractivity contribution < 1.29 is 9.53 Å². The van der Waals surface area contributed by atoms with E-state index in [0.29, 0.717) is 12.2 Å². The molecule has 2 heterocycles. The smallest absolute Gasteiger partial charge is 0.273 e. The summed E-state index contributed by atoms with van der Waals surface area (Å²) in [6.07, 6.45) is 2.98. The van der Waals surface area contributed by atoms with Crippen molar-refractivity contribution in [3.8, 4) is 0 Å². The SMILES string of the molecule is NCCCOC1CCN(C(=O)c2cscn2)CC1. The van der Waals surface area contributed by atoms with Crippen molar-refractivity contribution in [1.82, 2.24) is 9.88 Å². The largest absolute Gasteiger partial charge is 0.378 e. The van der Waals surface area contributed by atoms with Crippen molar-refractivity contribution in [2.75, 3.05) is 26.2 Å². The average Bonchev–Trinajstić information content (AvgIpc) is 2.93. The fraction of sp³-hybridized carbons (Fsp3) is 0.667. The lowest BCUT2D eigenvalue weighted by atomic mass is 10.1. The molecule has 6 heteroatoms. The Kier molecular flexibility index (Phi) is 5.10. The fourth-order valence-corrected chi connectivity index (χ4v) is 2.56. The maximum Gasteiger partial charge on any atom is 0.273 e. The first-order valence-corrected chi connectivity index (χ1v) is 7.24. The second-order valence-corrected chi connectivity index (χ2v) is 5.10. The Balaban J connectivity index is 1.75. The summed E-state index contributed by atoms with van der Waals surface area (Å²) >= 11 is 1.45. The van der Waals surface area contributed by atoms with Crippen molar-refractivity contribution in [3.63, 3.8) is 0 Å². The number of ether oxygens (including phenoxy) is 1. The standard InChI is InChI=1S/C12H19N3O2S/c13-4-1-7-17-10-2-5-15(6-3-10)12(16)11-8-18-9-14-11/h8-10H,1-7,13H2. The fourth-order valence-electron chi connectivity index (χ4n) is 2.04. The molecule has 0 aromatic carbocycles. The minimum Gasteiger partial charge on any atom is -0.378 e. The zero-order valence-electron chi connectivity index (χ0n) is 10.4. The van der Waals surface area contributed by atoms with E-state index in [1.807, 2.05) is 4.90 Å². The van der Waals surface area contributed by atoms with Crippen LogP contribution in [0.2, 0.25) is 0 Å². The third-order valence-corrected chi connectivity index (χ3v) is 3.67. The molecule has 2 N–H and O–H groups in total. The second kappa shape index (κ2) is 6.82. The number of piperidine rings is 1. The molecule has 0 unspecified atom stereocenters. The lowest BCUT2D eigenvalue weighted by molar-refractivity contribution is 0.00831. The van der Waals surface area contributed by atoms with E-state index in [2.05, 4.69) is 4.98 Å². The van der Waals surface area contributed by atoms with E-state index in [9.17, 15) is 4.79 Å². The lowest BCUT2D eigenvalue weighted by Crippen LogP contribution is -2.41. The molecule has 1 aromatic heterocycles. The van der Waals surface area contributed by atoms with Crippen LogP contribution >= 0.6 is 11.3 Å². The van der Waals surface area contributed by atoms with Crippen LogP contribution in [0.4, 0.5) is 0 Å². The molecule has 0 spiro atoms. The van der Waals surface area contributed by atoms with Gasteiger partial charge in [0.05, 0.1) is 11.6 Å². The van der Waals surface area contributed by atoms with E-state index in [1.54, 1.807) is 10.9 Å². The van der Waals surface area contributed by atoms with Crippen LogP contribution < -0.4 is 5.73 Å². The molecule has 1 saturated heterocycles. The number of carbonyl (C=O) groups is 1. The first kappa shape index (κ1) is 13.5. The van der Waals surface area contributed by atoms with Crippen molar-refractivity contribution in [3.05, 3.63) is 16.6 Å². The molecular formula is C12H19N3O2S. The molecular weight excluding hydrogens is 250 g/mol. The van der Waals surface area contributed by atoms with Crippen LogP contribution in [-0.4, -0.2) is 48.1 Å². The quantitative estimate of drug-likeness (QED) is 0.813. The van der Waals surface area contributed by atoms with E-state index in [-0.39, 0.29) is 12.0 Å². The van der Waals surface area contributed by atoms with Crippen LogP contribution in [-0.2, 0) is 4.74 Å². The van der Waals surface area contributed by atoms with Gasteiger partial charge in [-0.05, 0) is 25.8 Å². The Bertz CT molecular complexity index is 361. The number of hydrogen-bond acceptors (Lipinski definition) is 5. The highest BCUT2D eigenvalue weighted by Gasteiger charge is 2.24. The molecule has 18 heavy (non-hydrogen) atoms. The van der Waals surface area contributed by atoms with Crippen LogP contribution in [0.3, 0.4) is 0 Å². The average molecular weight is 269 g/mol. The van der Waals surface area contributed by atoms with Gasteiger partial charge in [0.2, 0.25) is 0 Å². The van der Waals surface area contributed by atoms with Gasteiger partial charge in [-0.15, -0.1) is 11.3 Å². The molecule has 1 aliphatic heterocycles. The maximum atomic E-state index is 12.0. The first-order chi connectivity index (χ1) is 8.81. The number of carbonyl (C=O) groups excluding carboxylic acids is 1. The summed E-state index contributed by atoms with van der Waals surface area (Å²) in [6.45, 7) is 2.90. The van der Waals surface area contributed by atoms with E-state index >= 15 is 0 Å². The Hall–Kier alpha value is -0.980. The van der Waals surface area contributed by atoms with Crippen LogP contribution in [0.1, 0.15) is 29.8 Å². The van der Waals surface area contributed by atoms with Crippen molar-refractivity contribution >= 4 is 17.2 Å². The van der Waals surface area contributed by atoms with Gasteiger partial charge in [-0.25, -0.2) is 4.98 Å². The molecule has 0 aliphatic carbocycles. The van der Waals surface area contributed by atoms with Gasteiger partial charge in [0.1, 0.15) is 5.69 Å². The second-order valence-electron chi connectivity index (χ2n) is 4.38. The van der Waals surface area contributed by atoms with Gasteiger partial charge in [0.25, 0.3) is 5.91 Å². The third-order valence-electron chi connectivity index (χ3n) is 3.08. The van der Waals surface area contributed by atoms with Gasteiger partial charge in [0, 0.05) is 25.1 Å². The number of thiazole rings is 1. The number of hydrogen-bond donors (Lipinski definition) is 1. The summed E-state index contributed by atoms with van der Waals surface area (Å²) in [5.41, 5.74) is 7.67. The number of nitrogens with two attached hydrogens (primary N) is 1. The molecule has 0 atom stereocenters. The highest BCUT2D eigenvalue weighted by Crippen LogP contribution is 2.16. The predicted molar refractivity (Wildman–Crippen MR) is 70.7 cm³/mol. The lowest BCUT2D eigenvalue weighted by Gasteiger charge is -2.31. The normalized spacial score (nSPS) is 17.1. The topological polar surface area (TPSA) is 68.5 Å². The summed E-state index contributed by atoms with van der Waals surface area (Å²) in [7, 11) is 0. The molecule has 1 fully saturated rings. The molecule has 0 saturated carbocycles. The van der Waals surface area contributed by atoms with Gasteiger partial charge < -0.3 is 15.4 Å². The minimum absolute atomic E-state index is 0.0386. The van der Waals surface area contributed by atoms with Crippen LogP contribution in [0, 0.1) is 0 Å². The highest BCUT2D eigenvalue weighted by atomic mass is 32.1. The van der Waals surface area contributed by atoms with Crippen LogP contribution in [0.15, 0.2) is 10.9 Å². The molecule has 0 radical (unpaired) electrons. The number of nitrogens with zero attached hydrogens (tertiary/aromatic N) is 2. The van der Waals surface area contributed by atoms with E-state index in [1.165, 1.54) is 11.3 Å². The molecule has 100 valence electrons. The summed E-state index contributed by atoms with van der Waals surface area (Å²) in [6, 6.07) is 0. The zero-order valence-corrected chi connectivity index (χ0v) is 11.2. The van der Waals surface area contributed by atoms with Gasteiger partial charge >= 0.3 is 0 Å². The first-order valence-electron chi connectivity index (χ1n) is 6.30. The monoisotopic (exact) mass is 269 g/mol. The van der Waals surface area contributed by atoms with Crippen LogP contribution in [0.5, 0.6) is 0 Å². The molecule has 1 aromatic rings. The molecule has 0 bridgehead atoms. The zero-order chi connectivity index (χ0) is 12.8. The third kappa shape index (κ3) is 3.51. The molecule has 1 amide bonds. The summed E-state index contributed by atoms with van der Waals surface area (Å²) < 4.78 is 5.71. The number of amides is 1. The summed E-state index contributed by atoms with van der Waals surface area (Å²) in [5.74, 6) is 0.0386. The molecule has 1 aliphatic rings. The molecule has 5 nitrogen and oxygen atoms in total. The number of aromatic nitrogens is 1. The number of likely N-dealkylation sites (tertiary alicyclic amines) is 1. The number of rotatable bonds is 5. The van der Waals surface area contributed by atoms with E-state index in [0.717, 1.165) is 39.0 Å². The summed E-state index contributed by atoms with van der Waals surface area (Å²) in [5, 5.41) is 1.80. The predicted octanol–water partition coefficient (Wildman–Crippen LogP) is 1.11. The summed E-state index contributed by atoms with van der Waals surface area (Å²) in [4.78, 5) is 18.0. The van der Waals surface area contributed by atoms with Gasteiger partial charge in [0.15, 0.2) is 0 Å². The van der Waals surface area contributed by atoms with Crippen molar-refractivity contribution in [1.29, 1.82) is 0 Å². The van der Waals surface area contributed by atoms with Crippen molar-refractivity contribution in [2.24, 2.45) is 5.73 Å². The highest BCUT2D eigenvalue weighted by molar-refractivity contribution is 7.07. The maximum absolute atomic E-state index is 12.0. The Morgan fingerprint density at radius 3 is 2.94 bits per heavy atom. The Morgan fingerprint density at radius 2 is 2.33 bits per heavy atom. The Morgan fingerprint density at radius 1 is 1.56 bits per heavy atom. The van der Waals surface area contributed by atoms with Gasteiger partial charge in [-0.3, -0.25) is 4.79 Å². The minimum atomic E-state index is 0.0386. The molecule has 2 rings (SSSR count).